The molecule has 0 aliphatic heterocycles. The molecule has 0 amide bonds. The molecule has 0 fully saturated rings. The van der Waals surface area contributed by atoms with Crippen LogP contribution in [0.3, 0.4) is 0 Å². The largest absolute Gasteiger partial charge is 0.465 e. The lowest BCUT2D eigenvalue weighted by Gasteiger charge is -2.17. The lowest BCUT2D eigenvalue weighted by molar-refractivity contribution is -0.150. The van der Waals surface area contributed by atoms with E-state index in [1.807, 2.05) is 6.92 Å². The zero-order valence-electron chi connectivity index (χ0n) is 12.5. The van der Waals surface area contributed by atoms with E-state index in [2.05, 4.69) is 15.9 Å². The fourth-order valence-electron chi connectivity index (χ4n) is 1.99. The first-order valence-corrected chi connectivity index (χ1v) is 8.37. The fraction of sp³-hybridized carbons (Fsp3) is 0.562. The van der Waals surface area contributed by atoms with Crippen LogP contribution < -0.4 is 0 Å². The highest BCUT2D eigenvalue weighted by atomic mass is 79.9. The van der Waals surface area contributed by atoms with Crippen LogP contribution in [0.4, 0.5) is 13.2 Å². The first-order valence-electron chi connectivity index (χ1n) is 7.25. The molecular weight excluding hydrogens is 361 g/mol. The minimum Gasteiger partial charge on any atom is -0.465 e. The summed E-state index contributed by atoms with van der Waals surface area (Å²) >= 11 is 3.31. The summed E-state index contributed by atoms with van der Waals surface area (Å²) < 4.78 is 42.5. The molecule has 0 N–H and O–H groups in total. The summed E-state index contributed by atoms with van der Waals surface area (Å²) in [5, 5.41) is 0.654. The number of rotatable bonds is 8. The molecule has 1 aromatic carbocycles. The molecule has 6 heteroatoms. The highest BCUT2D eigenvalue weighted by Crippen LogP contribution is 2.30. The van der Waals surface area contributed by atoms with E-state index in [9.17, 15) is 18.0 Å². The first-order chi connectivity index (χ1) is 10.4. The molecule has 22 heavy (non-hydrogen) atoms. The maximum Gasteiger partial charge on any atom is 0.389 e. The second-order valence-electron chi connectivity index (χ2n) is 5.10. The van der Waals surface area contributed by atoms with Crippen molar-refractivity contribution >= 4 is 21.9 Å². The lowest BCUT2D eigenvalue weighted by Crippen LogP contribution is -2.19. The normalized spacial score (nSPS) is 13.0. The molecule has 0 radical (unpaired) electrons. The monoisotopic (exact) mass is 380 g/mol. The quantitative estimate of drug-likeness (QED) is 0.345. The molecule has 1 aromatic rings. The van der Waals surface area contributed by atoms with Gasteiger partial charge in [0.25, 0.3) is 0 Å². The minimum atomic E-state index is -4.28. The summed E-state index contributed by atoms with van der Waals surface area (Å²) in [6.45, 7) is 2.20. The summed E-state index contributed by atoms with van der Waals surface area (Å²) in [7, 11) is 0. The predicted octanol–water partition coefficient (Wildman–Crippen LogP) is 5.35. The van der Waals surface area contributed by atoms with E-state index in [1.165, 1.54) is 0 Å². The highest BCUT2D eigenvalue weighted by Gasteiger charge is 2.31. The third kappa shape index (κ3) is 6.81. The van der Waals surface area contributed by atoms with Crippen LogP contribution in [0.25, 0.3) is 0 Å². The van der Waals surface area contributed by atoms with Crippen LogP contribution in [0.1, 0.15) is 49.7 Å². The minimum absolute atomic E-state index is 0.247. The molecule has 2 nitrogen and oxygen atoms in total. The number of ether oxygens (including phenoxy) is 1. The standard InChI is InChI=1S/C16H20BrF3O2/c1-2-3-10-22-15(21)14(8-9-16(18,19)20)13-6-4-12(11-17)5-7-13/h4-7,14H,2-3,8-11H2,1H3. The van der Waals surface area contributed by atoms with Crippen molar-refractivity contribution in [1.29, 1.82) is 0 Å². The number of unbranched alkanes of at least 4 members (excludes halogenated alkanes) is 1. The van der Waals surface area contributed by atoms with E-state index in [0.29, 0.717) is 17.3 Å². The lowest BCUT2D eigenvalue weighted by atomic mass is 9.93. The van der Waals surface area contributed by atoms with Crippen LogP contribution in [0.15, 0.2) is 24.3 Å². The molecule has 0 aliphatic rings. The van der Waals surface area contributed by atoms with E-state index in [-0.39, 0.29) is 13.0 Å². The van der Waals surface area contributed by atoms with Gasteiger partial charge in [0.2, 0.25) is 0 Å². The average Bonchev–Trinajstić information content (AvgIpc) is 2.47. The predicted molar refractivity (Wildman–Crippen MR) is 83.0 cm³/mol. The number of esters is 1. The summed E-state index contributed by atoms with van der Waals surface area (Å²) in [4.78, 5) is 12.1. The number of hydrogen-bond acceptors (Lipinski definition) is 2. The summed E-state index contributed by atoms with van der Waals surface area (Å²) in [5.41, 5.74) is 1.56. The smallest absolute Gasteiger partial charge is 0.389 e. The molecule has 1 rings (SSSR count). The average molecular weight is 381 g/mol. The summed E-state index contributed by atoms with van der Waals surface area (Å²) in [5.74, 6) is -1.45. The number of hydrogen-bond donors (Lipinski definition) is 0. The molecule has 0 aliphatic carbocycles. The SMILES string of the molecule is CCCCOC(=O)C(CCC(F)(F)F)c1ccc(CBr)cc1. The molecule has 0 spiro atoms. The van der Waals surface area contributed by atoms with Crippen molar-refractivity contribution in [2.75, 3.05) is 6.61 Å². The van der Waals surface area contributed by atoms with Gasteiger partial charge in [0.15, 0.2) is 0 Å². The summed E-state index contributed by atoms with van der Waals surface area (Å²) in [6.07, 6.45) is -4.00. The van der Waals surface area contributed by atoms with Crippen molar-refractivity contribution < 1.29 is 22.7 Å². The Bertz CT molecular complexity index is 457. The Hall–Kier alpha value is -1.04. The Morgan fingerprint density at radius 3 is 2.41 bits per heavy atom. The molecule has 0 saturated heterocycles. The molecule has 124 valence electrons. The van der Waals surface area contributed by atoms with Crippen LogP contribution in [0, 0.1) is 0 Å². The Labute approximate surface area is 137 Å². The molecule has 0 aromatic heterocycles. The van der Waals surface area contributed by atoms with Gasteiger partial charge in [-0.3, -0.25) is 4.79 Å². The van der Waals surface area contributed by atoms with Gasteiger partial charge in [0.05, 0.1) is 12.5 Å². The number of benzene rings is 1. The van der Waals surface area contributed by atoms with Gasteiger partial charge >= 0.3 is 12.1 Å². The van der Waals surface area contributed by atoms with Gasteiger partial charge in [-0.25, -0.2) is 0 Å². The van der Waals surface area contributed by atoms with Gasteiger partial charge in [0.1, 0.15) is 0 Å². The molecule has 0 bridgehead atoms. The second-order valence-corrected chi connectivity index (χ2v) is 5.66. The van der Waals surface area contributed by atoms with Gasteiger partial charge < -0.3 is 4.74 Å². The van der Waals surface area contributed by atoms with Crippen molar-refractivity contribution in [1.82, 2.24) is 0 Å². The Morgan fingerprint density at radius 2 is 1.91 bits per heavy atom. The van der Waals surface area contributed by atoms with Crippen molar-refractivity contribution in [3.8, 4) is 0 Å². The van der Waals surface area contributed by atoms with Crippen LogP contribution in [-0.2, 0) is 14.9 Å². The van der Waals surface area contributed by atoms with Gasteiger partial charge in [-0.2, -0.15) is 13.2 Å². The molecular formula is C16H20BrF3O2. The van der Waals surface area contributed by atoms with Gasteiger partial charge in [0, 0.05) is 11.8 Å². The Balaban J connectivity index is 2.81. The molecule has 1 atom stereocenters. The van der Waals surface area contributed by atoms with Crippen LogP contribution in [-0.4, -0.2) is 18.8 Å². The topological polar surface area (TPSA) is 26.3 Å². The molecule has 0 heterocycles. The highest BCUT2D eigenvalue weighted by molar-refractivity contribution is 9.08. The third-order valence-electron chi connectivity index (χ3n) is 3.28. The Kier molecular flexibility index (Phi) is 7.93. The van der Waals surface area contributed by atoms with Crippen molar-refractivity contribution in [3.05, 3.63) is 35.4 Å². The van der Waals surface area contributed by atoms with Gasteiger partial charge in [-0.1, -0.05) is 53.5 Å². The maximum atomic E-state index is 12.5. The number of carbonyl (C=O) groups is 1. The summed E-state index contributed by atoms with van der Waals surface area (Å²) in [6, 6.07) is 6.98. The van der Waals surface area contributed by atoms with Crippen molar-refractivity contribution in [2.45, 2.75) is 50.0 Å². The first kappa shape index (κ1) is 19.0. The number of halogens is 4. The fourth-order valence-corrected chi connectivity index (χ4v) is 2.36. The van der Waals surface area contributed by atoms with Crippen molar-refractivity contribution in [3.63, 3.8) is 0 Å². The third-order valence-corrected chi connectivity index (χ3v) is 3.93. The van der Waals surface area contributed by atoms with Crippen LogP contribution in [0.2, 0.25) is 0 Å². The van der Waals surface area contributed by atoms with Gasteiger partial charge in [-0.05, 0) is 24.0 Å². The van der Waals surface area contributed by atoms with Crippen molar-refractivity contribution in [2.24, 2.45) is 0 Å². The van der Waals surface area contributed by atoms with Crippen LogP contribution >= 0.6 is 15.9 Å². The number of alkyl halides is 4. The zero-order chi connectivity index (χ0) is 16.6. The van der Waals surface area contributed by atoms with E-state index in [4.69, 9.17) is 4.74 Å². The zero-order valence-corrected chi connectivity index (χ0v) is 14.0. The van der Waals surface area contributed by atoms with E-state index in [1.54, 1.807) is 24.3 Å². The molecule has 1 unspecified atom stereocenters. The van der Waals surface area contributed by atoms with Crippen LogP contribution in [0.5, 0.6) is 0 Å². The van der Waals surface area contributed by atoms with E-state index < -0.39 is 24.5 Å². The molecule has 0 saturated carbocycles. The Morgan fingerprint density at radius 1 is 1.27 bits per heavy atom. The van der Waals surface area contributed by atoms with Gasteiger partial charge in [-0.15, -0.1) is 0 Å². The second kappa shape index (κ2) is 9.18. The maximum absolute atomic E-state index is 12.5. The van der Waals surface area contributed by atoms with E-state index >= 15 is 0 Å². The number of carbonyl (C=O) groups excluding carboxylic acids is 1. The van der Waals surface area contributed by atoms with E-state index in [0.717, 1.165) is 12.0 Å².